The van der Waals surface area contributed by atoms with Crippen LogP contribution in [0.4, 0.5) is 5.69 Å². The lowest BCUT2D eigenvalue weighted by Gasteiger charge is -2.39. The van der Waals surface area contributed by atoms with E-state index in [1.54, 1.807) is 0 Å². The van der Waals surface area contributed by atoms with Crippen LogP contribution in [0, 0.1) is 0 Å². The van der Waals surface area contributed by atoms with Gasteiger partial charge in [-0.15, -0.1) is 0 Å². The normalized spacial score (nSPS) is 13.3. The van der Waals surface area contributed by atoms with Gasteiger partial charge in [-0.3, -0.25) is 9.52 Å². The fraction of sp³-hybridized carbons (Fsp3) is 0.457. The number of carbonyl (C=O) groups excluding carboxylic acids is 1. The highest BCUT2D eigenvalue weighted by Crippen LogP contribution is 2.45. The Morgan fingerprint density at radius 1 is 0.933 bits per heavy atom. The minimum atomic E-state index is -3.57. The summed E-state index contributed by atoms with van der Waals surface area (Å²) >= 11 is 0. The second-order valence-corrected chi connectivity index (χ2v) is 20.0. The summed E-state index contributed by atoms with van der Waals surface area (Å²) in [7, 11) is -4.74. The number of carbonyl (C=O) groups is 1. The summed E-state index contributed by atoms with van der Waals surface area (Å²) in [6, 6.07) is 23.4. The number of esters is 1. The van der Waals surface area contributed by atoms with Gasteiger partial charge in [0.1, 0.15) is 12.4 Å². The minimum Gasteiger partial charge on any atom is -0.487 e. The number of hydrogen-bond acceptors (Lipinski definition) is 7. The maximum atomic E-state index is 12.4. The molecule has 0 unspecified atom stereocenters. The number of methoxy groups -OCH3 is 1. The van der Waals surface area contributed by atoms with E-state index in [-0.39, 0.29) is 28.9 Å². The van der Waals surface area contributed by atoms with Crippen LogP contribution in [-0.4, -0.2) is 52.9 Å². The van der Waals surface area contributed by atoms with Crippen molar-refractivity contribution in [1.82, 2.24) is 5.32 Å². The maximum Gasteiger partial charge on any atom is 0.309 e. The Bertz CT molecular complexity index is 1540. The van der Waals surface area contributed by atoms with Crippen LogP contribution in [0.25, 0.3) is 0 Å². The van der Waals surface area contributed by atoms with Crippen molar-refractivity contribution >= 4 is 30.0 Å². The topological polar surface area (TPSA) is 114 Å². The van der Waals surface area contributed by atoms with Crippen LogP contribution in [0.2, 0.25) is 18.1 Å². The van der Waals surface area contributed by atoms with E-state index in [2.05, 4.69) is 43.8 Å². The van der Waals surface area contributed by atoms with Gasteiger partial charge in [0, 0.05) is 12.1 Å². The zero-order valence-corrected chi connectivity index (χ0v) is 29.8. The highest BCUT2D eigenvalue weighted by Gasteiger charge is 2.40. The summed E-state index contributed by atoms with van der Waals surface area (Å²) < 4.78 is 38.3. The summed E-state index contributed by atoms with van der Waals surface area (Å²) in [5, 5.41) is 3.43. The highest BCUT2D eigenvalue weighted by atomic mass is 32.2. The van der Waals surface area contributed by atoms with Crippen molar-refractivity contribution < 1.29 is 27.5 Å². The molecule has 0 aliphatic carbocycles. The number of sulfonamides is 1. The molecule has 0 aliphatic heterocycles. The van der Waals surface area contributed by atoms with Crippen molar-refractivity contribution in [2.24, 2.45) is 0 Å². The third-order valence-corrected chi connectivity index (χ3v) is 12.6. The summed E-state index contributed by atoms with van der Waals surface area (Å²) in [5.41, 5.74) is 4.02. The van der Waals surface area contributed by atoms with Crippen LogP contribution in [0.15, 0.2) is 72.8 Å². The van der Waals surface area contributed by atoms with Gasteiger partial charge in [-0.2, -0.15) is 0 Å². The molecule has 1 atom stereocenters. The van der Waals surface area contributed by atoms with Gasteiger partial charge in [0.25, 0.3) is 0 Å². The summed E-state index contributed by atoms with van der Waals surface area (Å²) in [4.78, 5) is 23.0. The van der Waals surface area contributed by atoms with Crippen molar-refractivity contribution in [2.75, 3.05) is 24.6 Å². The fourth-order valence-corrected chi connectivity index (χ4v) is 6.48. The van der Waals surface area contributed by atoms with Gasteiger partial charge in [0.15, 0.2) is 8.32 Å². The van der Waals surface area contributed by atoms with Crippen LogP contribution in [0.1, 0.15) is 62.3 Å². The average Bonchev–Trinajstić information content (AvgIpc) is 2.93. The quantitative estimate of drug-likeness (QED) is 0.121. The van der Waals surface area contributed by atoms with E-state index < -0.39 is 18.3 Å². The molecule has 3 aromatic carbocycles. The number of ether oxygens (including phenoxy) is 2. The molecule has 0 aromatic heterocycles. The Balaban J connectivity index is 1.90. The van der Waals surface area contributed by atoms with Gasteiger partial charge < -0.3 is 19.6 Å². The van der Waals surface area contributed by atoms with Gasteiger partial charge in [-0.1, -0.05) is 74.5 Å². The van der Waals surface area contributed by atoms with Gasteiger partial charge >= 0.3 is 5.97 Å². The molecule has 0 spiro atoms. The molecule has 10 heteroatoms. The first-order chi connectivity index (χ1) is 20.9. The van der Waals surface area contributed by atoms with E-state index in [4.69, 9.17) is 9.47 Å². The van der Waals surface area contributed by atoms with E-state index in [1.165, 1.54) is 7.11 Å². The van der Waals surface area contributed by atoms with Crippen molar-refractivity contribution in [3.8, 4) is 5.75 Å². The van der Waals surface area contributed by atoms with Crippen LogP contribution < -0.4 is 14.8 Å². The van der Waals surface area contributed by atoms with E-state index in [1.807, 2.05) is 79.8 Å². The average molecular weight is 655 g/mol. The lowest BCUT2D eigenvalue weighted by molar-refractivity contribution is -0.139. The monoisotopic (exact) mass is 654 g/mol. The van der Waals surface area contributed by atoms with Gasteiger partial charge in [-0.25, -0.2) is 8.42 Å². The number of rotatable bonds is 16. The molecule has 0 bridgehead atoms. The Morgan fingerprint density at radius 2 is 1.58 bits per heavy atom. The third-order valence-electron chi connectivity index (χ3n) is 8.46. The third kappa shape index (κ3) is 11.6. The second kappa shape index (κ2) is 14.9. The van der Waals surface area contributed by atoms with Crippen molar-refractivity contribution in [2.45, 2.75) is 83.2 Å². The predicted octanol–water partition coefficient (Wildman–Crippen LogP) is 6.41. The zero-order chi connectivity index (χ0) is 33.5. The van der Waals surface area contributed by atoms with Crippen LogP contribution in [0.3, 0.4) is 0 Å². The molecule has 0 aliphatic rings. The molecule has 0 heterocycles. The van der Waals surface area contributed by atoms with Crippen molar-refractivity contribution in [1.29, 1.82) is 0 Å². The molecule has 0 saturated heterocycles. The van der Waals surface area contributed by atoms with E-state index >= 15 is 0 Å². The first kappa shape index (κ1) is 36.3. The number of nitrogens with one attached hydrogen (secondary N) is 2. The van der Waals surface area contributed by atoms with E-state index in [0.717, 1.165) is 34.9 Å². The molecule has 8 nitrogen and oxygen atoms in total. The molecule has 0 saturated carbocycles. The number of hydrogen-bond donors (Lipinski definition) is 3. The maximum absolute atomic E-state index is 12.4. The molecule has 3 N–H and O–H groups in total. The first-order valence-corrected chi connectivity index (χ1v) is 20.1. The van der Waals surface area contributed by atoms with Crippen molar-refractivity contribution in [3.63, 3.8) is 0 Å². The molecule has 3 aromatic rings. The first-order valence-electron chi connectivity index (χ1n) is 15.3. The Morgan fingerprint density at radius 3 is 2.20 bits per heavy atom. The zero-order valence-electron chi connectivity index (χ0n) is 27.9. The molecule has 0 amide bonds. The SMILES string of the molecule is COC(=O)Cc1cccc(CC(C)(C)NC[C@H](CC(C)(C)[Si](C)(C)O)c2ccc(OCc3ccccc3)c(NS(C)(=O)=O)c2)c1. The predicted molar refractivity (Wildman–Crippen MR) is 185 cm³/mol. The molecular weight excluding hydrogens is 605 g/mol. The molecule has 0 radical (unpaired) electrons. The summed E-state index contributed by atoms with van der Waals surface area (Å²) in [6.45, 7) is 13.3. The van der Waals surface area contributed by atoms with Crippen LogP contribution in [-0.2, 0) is 39.0 Å². The Labute approximate surface area is 270 Å². The standard InChI is InChI=1S/C35H50N2O6SSi/c1-34(2,22-28-16-12-15-27(19-28)20-33(38)42-5)36-24-30(23-35(3,4)45(7,8)41)29-17-18-32(31(21-29)37-44(6,39)40)43-25-26-13-10-9-11-14-26/h9-19,21,30,36-37,41H,20,22-25H2,1-8H3/t30-/m0/s1. The van der Waals surface area contributed by atoms with E-state index in [0.29, 0.717) is 31.0 Å². The fourth-order valence-electron chi connectivity index (χ4n) is 5.18. The number of anilines is 1. The van der Waals surface area contributed by atoms with Gasteiger partial charge in [0.05, 0.1) is 25.5 Å². The second-order valence-electron chi connectivity index (χ2n) is 13.8. The molecule has 0 fully saturated rings. The molecule has 3 rings (SSSR count). The molecule has 246 valence electrons. The summed E-state index contributed by atoms with van der Waals surface area (Å²) in [6.07, 6.45) is 2.78. The van der Waals surface area contributed by atoms with Crippen LogP contribution in [0.5, 0.6) is 5.75 Å². The highest BCUT2D eigenvalue weighted by molar-refractivity contribution is 7.92. The van der Waals surface area contributed by atoms with Crippen LogP contribution >= 0.6 is 0 Å². The summed E-state index contributed by atoms with van der Waals surface area (Å²) in [5.74, 6) is 0.140. The Hall–Kier alpha value is -3.18. The molecular formula is C35H50N2O6SSi. The lowest BCUT2D eigenvalue weighted by atomic mass is 9.87. The Kier molecular flexibility index (Phi) is 12.0. The smallest absolute Gasteiger partial charge is 0.309 e. The largest absolute Gasteiger partial charge is 0.487 e. The lowest BCUT2D eigenvalue weighted by Crippen LogP contribution is -2.45. The van der Waals surface area contributed by atoms with Gasteiger partial charge in [0.2, 0.25) is 10.0 Å². The van der Waals surface area contributed by atoms with Gasteiger partial charge in [-0.05, 0) is 85.1 Å². The van der Waals surface area contributed by atoms with Crippen molar-refractivity contribution in [3.05, 3.63) is 95.1 Å². The minimum absolute atomic E-state index is 0.0351. The van der Waals surface area contributed by atoms with E-state index in [9.17, 15) is 18.0 Å². The number of benzene rings is 3. The molecule has 45 heavy (non-hydrogen) atoms.